The molecule has 1 aromatic rings. The molecule has 6 heteroatoms. The second-order valence-electron chi connectivity index (χ2n) is 4.80. The van der Waals surface area contributed by atoms with Crippen molar-refractivity contribution in [3.05, 3.63) is 23.8 Å². The number of methoxy groups -OCH3 is 1. The van der Waals surface area contributed by atoms with Crippen molar-refractivity contribution in [2.75, 3.05) is 19.4 Å². The van der Waals surface area contributed by atoms with E-state index >= 15 is 0 Å². The number of hydrogen-bond acceptors (Lipinski definition) is 4. The van der Waals surface area contributed by atoms with Gasteiger partial charge in [0.15, 0.2) is 0 Å². The average Bonchev–Trinajstić information content (AvgIpc) is 2.47. The van der Waals surface area contributed by atoms with Gasteiger partial charge in [0.05, 0.1) is 12.7 Å². The summed E-state index contributed by atoms with van der Waals surface area (Å²) in [5.41, 5.74) is 6.44. The number of rotatable bonds is 3. The van der Waals surface area contributed by atoms with E-state index in [1.807, 2.05) is 0 Å². The number of piperidine rings is 1. The summed E-state index contributed by atoms with van der Waals surface area (Å²) >= 11 is 0. The lowest BCUT2D eigenvalue weighted by Gasteiger charge is -2.33. The minimum Gasteiger partial charge on any atom is -0.497 e. The Morgan fingerprint density at radius 1 is 1.40 bits per heavy atom. The Morgan fingerprint density at radius 3 is 2.80 bits per heavy atom. The van der Waals surface area contributed by atoms with E-state index in [2.05, 4.69) is 0 Å². The SMILES string of the molecule is COc1ccc(N)c(C(=O)N2CCCC[C@@H]2C(=O)O)c1. The highest BCUT2D eigenvalue weighted by atomic mass is 16.5. The molecule has 0 aliphatic carbocycles. The molecule has 108 valence electrons. The van der Waals surface area contributed by atoms with Gasteiger partial charge in [-0.25, -0.2) is 4.79 Å². The third-order valence-electron chi connectivity index (χ3n) is 3.54. The standard InChI is InChI=1S/C14H18N2O4/c1-20-9-5-6-11(15)10(8-9)13(17)16-7-3-2-4-12(16)14(18)19/h5-6,8,12H,2-4,7,15H2,1H3,(H,18,19)/t12-/m1/s1. The van der Waals surface area contributed by atoms with E-state index in [4.69, 9.17) is 10.5 Å². The summed E-state index contributed by atoms with van der Waals surface area (Å²) < 4.78 is 5.08. The molecule has 1 amide bonds. The molecule has 20 heavy (non-hydrogen) atoms. The lowest BCUT2D eigenvalue weighted by atomic mass is 10.0. The van der Waals surface area contributed by atoms with Gasteiger partial charge in [0.1, 0.15) is 11.8 Å². The number of carbonyl (C=O) groups excluding carboxylic acids is 1. The van der Waals surface area contributed by atoms with Crippen LogP contribution in [0.5, 0.6) is 5.75 Å². The third-order valence-corrected chi connectivity index (χ3v) is 3.54. The average molecular weight is 278 g/mol. The van der Waals surface area contributed by atoms with Crippen LogP contribution in [0.15, 0.2) is 18.2 Å². The molecule has 0 radical (unpaired) electrons. The number of benzene rings is 1. The summed E-state index contributed by atoms with van der Waals surface area (Å²) in [6.45, 7) is 0.437. The lowest BCUT2D eigenvalue weighted by Crippen LogP contribution is -2.48. The van der Waals surface area contributed by atoms with Gasteiger partial charge in [-0.1, -0.05) is 0 Å². The number of carboxylic acids is 1. The van der Waals surface area contributed by atoms with Gasteiger partial charge in [0.25, 0.3) is 5.91 Å². The Labute approximate surface area is 117 Å². The first-order valence-electron chi connectivity index (χ1n) is 6.52. The largest absolute Gasteiger partial charge is 0.497 e. The van der Waals surface area contributed by atoms with Crippen molar-refractivity contribution in [1.82, 2.24) is 4.90 Å². The molecule has 0 unspecified atom stereocenters. The number of ether oxygens (including phenoxy) is 1. The van der Waals surface area contributed by atoms with Crippen molar-refractivity contribution < 1.29 is 19.4 Å². The maximum Gasteiger partial charge on any atom is 0.326 e. The molecule has 2 rings (SSSR count). The minimum atomic E-state index is -0.973. The van der Waals surface area contributed by atoms with Crippen LogP contribution in [0.2, 0.25) is 0 Å². The first-order chi connectivity index (χ1) is 9.54. The molecule has 0 spiro atoms. The number of nitrogens with zero attached hydrogens (tertiary/aromatic N) is 1. The molecule has 1 atom stereocenters. The second-order valence-corrected chi connectivity index (χ2v) is 4.80. The molecule has 0 saturated carbocycles. The van der Waals surface area contributed by atoms with E-state index in [-0.39, 0.29) is 11.5 Å². The summed E-state index contributed by atoms with van der Waals surface area (Å²) in [4.78, 5) is 25.2. The van der Waals surface area contributed by atoms with Gasteiger partial charge in [-0.05, 0) is 37.5 Å². The number of amides is 1. The van der Waals surface area contributed by atoms with Gasteiger partial charge in [-0.2, -0.15) is 0 Å². The smallest absolute Gasteiger partial charge is 0.326 e. The zero-order valence-electron chi connectivity index (χ0n) is 11.3. The molecule has 3 N–H and O–H groups in total. The summed E-state index contributed by atoms with van der Waals surface area (Å²) in [7, 11) is 1.50. The van der Waals surface area contributed by atoms with Crippen molar-refractivity contribution >= 4 is 17.6 Å². The van der Waals surface area contributed by atoms with E-state index in [9.17, 15) is 14.7 Å². The van der Waals surface area contributed by atoms with Crippen LogP contribution >= 0.6 is 0 Å². The Morgan fingerprint density at radius 2 is 2.15 bits per heavy atom. The summed E-state index contributed by atoms with van der Waals surface area (Å²) in [6, 6.07) is 4.02. The molecule has 0 aromatic heterocycles. The molecular formula is C14H18N2O4. The highest BCUT2D eigenvalue weighted by Crippen LogP contribution is 2.25. The zero-order valence-corrected chi connectivity index (χ0v) is 11.3. The normalized spacial score (nSPS) is 18.6. The number of nitrogens with two attached hydrogens (primary N) is 1. The highest BCUT2D eigenvalue weighted by Gasteiger charge is 2.33. The van der Waals surface area contributed by atoms with Crippen molar-refractivity contribution in [1.29, 1.82) is 0 Å². The van der Waals surface area contributed by atoms with Crippen LogP contribution in [0, 0.1) is 0 Å². The monoisotopic (exact) mass is 278 g/mol. The molecule has 0 bridgehead atoms. The van der Waals surface area contributed by atoms with Crippen molar-refractivity contribution in [3.8, 4) is 5.75 Å². The maximum atomic E-state index is 12.5. The van der Waals surface area contributed by atoms with E-state index in [0.29, 0.717) is 24.4 Å². The topological polar surface area (TPSA) is 92.9 Å². The lowest BCUT2D eigenvalue weighted by molar-refractivity contribution is -0.143. The number of hydrogen-bond donors (Lipinski definition) is 2. The van der Waals surface area contributed by atoms with Crippen molar-refractivity contribution in [3.63, 3.8) is 0 Å². The van der Waals surface area contributed by atoms with Gasteiger partial charge in [-0.3, -0.25) is 4.79 Å². The van der Waals surface area contributed by atoms with Crippen LogP contribution in [0.4, 0.5) is 5.69 Å². The predicted octanol–water partition coefficient (Wildman–Crippen LogP) is 1.36. The summed E-state index contributed by atoms with van der Waals surface area (Å²) in [6.07, 6.45) is 2.10. The summed E-state index contributed by atoms with van der Waals surface area (Å²) in [5, 5.41) is 9.22. The summed E-state index contributed by atoms with van der Waals surface area (Å²) in [5.74, 6) is -0.806. The molecule has 1 aliphatic heterocycles. The maximum absolute atomic E-state index is 12.5. The predicted molar refractivity (Wildman–Crippen MR) is 73.7 cm³/mol. The Kier molecular flexibility index (Phi) is 4.12. The third kappa shape index (κ3) is 2.68. The fourth-order valence-corrected chi connectivity index (χ4v) is 2.43. The number of likely N-dealkylation sites (tertiary alicyclic amines) is 1. The Bertz CT molecular complexity index is 530. The second kappa shape index (κ2) is 5.81. The van der Waals surface area contributed by atoms with Gasteiger partial charge in [0, 0.05) is 12.2 Å². The van der Waals surface area contributed by atoms with E-state index in [1.165, 1.54) is 12.0 Å². The molecule has 1 fully saturated rings. The van der Waals surface area contributed by atoms with E-state index < -0.39 is 12.0 Å². The molecule has 1 heterocycles. The fourth-order valence-electron chi connectivity index (χ4n) is 2.43. The fraction of sp³-hybridized carbons (Fsp3) is 0.429. The zero-order chi connectivity index (χ0) is 14.7. The first kappa shape index (κ1) is 14.2. The number of nitrogen functional groups attached to an aromatic ring is 1. The molecule has 6 nitrogen and oxygen atoms in total. The van der Waals surface area contributed by atoms with Crippen LogP contribution in [0.1, 0.15) is 29.6 Å². The highest BCUT2D eigenvalue weighted by molar-refractivity contribution is 6.01. The van der Waals surface area contributed by atoms with E-state index in [0.717, 1.165) is 12.8 Å². The van der Waals surface area contributed by atoms with Crippen LogP contribution in [-0.4, -0.2) is 41.6 Å². The number of aliphatic carboxylic acids is 1. The minimum absolute atomic E-state index is 0.289. The van der Waals surface area contributed by atoms with Crippen LogP contribution in [0.3, 0.4) is 0 Å². The Hall–Kier alpha value is -2.24. The number of carbonyl (C=O) groups is 2. The van der Waals surface area contributed by atoms with Crippen molar-refractivity contribution in [2.24, 2.45) is 0 Å². The number of anilines is 1. The quantitative estimate of drug-likeness (QED) is 0.814. The number of carboxylic acid groups (broad SMARTS) is 1. The van der Waals surface area contributed by atoms with Crippen molar-refractivity contribution in [2.45, 2.75) is 25.3 Å². The Balaban J connectivity index is 2.31. The molecule has 1 aliphatic rings. The van der Waals surface area contributed by atoms with Gasteiger partial charge >= 0.3 is 5.97 Å². The molecular weight excluding hydrogens is 260 g/mol. The first-order valence-corrected chi connectivity index (χ1v) is 6.52. The van der Waals surface area contributed by atoms with Gasteiger partial charge in [0.2, 0.25) is 0 Å². The van der Waals surface area contributed by atoms with Crippen LogP contribution < -0.4 is 10.5 Å². The van der Waals surface area contributed by atoms with Gasteiger partial charge in [-0.15, -0.1) is 0 Å². The molecule has 1 aromatic carbocycles. The van der Waals surface area contributed by atoms with Crippen LogP contribution in [-0.2, 0) is 4.79 Å². The van der Waals surface area contributed by atoms with Crippen LogP contribution in [0.25, 0.3) is 0 Å². The molecule has 1 saturated heterocycles. The van der Waals surface area contributed by atoms with E-state index in [1.54, 1.807) is 18.2 Å². The van der Waals surface area contributed by atoms with Gasteiger partial charge < -0.3 is 20.5 Å².